The maximum Gasteiger partial charge on any atom is 3.00 e. The first-order valence-electron chi connectivity index (χ1n) is 18.0. The first-order chi connectivity index (χ1) is 23.2. The molecule has 1 aliphatic rings. The van der Waals surface area contributed by atoms with E-state index in [0.717, 1.165) is 53.5 Å². The number of hydrogen-bond donors (Lipinski definition) is 0. The molecule has 0 heterocycles. The van der Waals surface area contributed by atoms with Crippen LogP contribution in [-0.4, -0.2) is 37.5 Å². The molecule has 0 N–H and O–H groups in total. The average molecular weight is 775 g/mol. The summed E-state index contributed by atoms with van der Waals surface area (Å²) in [6, 6.07) is 13.9. The Hall–Kier alpha value is -2.98. The van der Waals surface area contributed by atoms with Crippen LogP contribution in [0.25, 0.3) is 0 Å². The number of benzene rings is 3. The van der Waals surface area contributed by atoms with Gasteiger partial charge in [-0.05, 0) is 86.9 Å². The fourth-order valence-corrected chi connectivity index (χ4v) is 6.44. The molecule has 286 valence electrons. The first-order valence-corrected chi connectivity index (χ1v) is 19.4. The van der Waals surface area contributed by atoms with Crippen LogP contribution in [0.3, 0.4) is 0 Å². The van der Waals surface area contributed by atoms with Crippen molar-refractivity contribution in [1.29, 1.82) is 0 Å². The Labute approximate surface area is 324 Å². The van der Waals surface area contributed by atoms with Crippen molar-refractivity contribution in [3.8, 4) is 11.5 Å². The summed E-state index contributed by atoms with van der Waals surface area (Å²) in [4.78, 5) is 9.77. The molecule has 0 radical (unpaired) electrons. The number of aliphatic imine (C=N–C) groups is 2. The van der Waals surface area contributed by atoms with Gasteiger partial charge in [-0.3, -0.25) is 9.98 Å². The summed E-state index contributed by atoms with van der Waals surface area (Å²) >= 11 is 0. The minimum absolute atomic E-state index is 0. The summed E-state index contributed by atoms with van der Waals surface area (Å²) in [5.74, 6) is 0.120. The predicted octanol–water partition coefficient (Wildman–Crippen LogP) is 8.77. The molecule has 3 aromatic rings. The summed E-state index contributed by atoms with van der Waals surface area (Å²) in [5.41, 5.74) is 5.55. The molecule has 0 aliphatic heterocycles. The minimum Gasteiger partial charge on any atom is -0.872 e. The molecule has 4 rings (SSSR count). The second kappa shape index (κ2) is 17.0. The van der Waals surface area contributed by atoms with Crippen LogP contribution in [0.2, 0.25) is 0 Å². The average Bonchev–Trinajstić information content (AvgIpc) is 2.98. The van der Waals surface area contributed by atoms with E-state index in [0.29, 0.717) is 11.1 Å². The van der Waals surface area contributed by atoms with Crippen molar-refractivity contribution in [2.45, 2.75) is 154 Å². The molecule has 1 saturated carbocycles. The molecule has 52 heavy (non-hydrogen) atoms. The van der Waals surface area contributed by atoms with Gasteiger partial charge in [0, 0.05) is 12.4 Å². The Balaban J connectivity index is 0.000000666. The van der Waals surface area contributed by atoms with Crippen molar-refractivity contribution in [3.63, 3.8) is 0 Å². The number of rotatable bonds is 5. The standard InChI is InChI=1S/C36H54N2O2.C7H8O3S.Co/c1-33(2,3)25-17-23(31(39)27(19-25)35(7,8)9)21-37-29-15-13-14-16-30(29)38-22-24-18-26(34(4,5)6)20-28(32(24)40)36(10,11)12;1-6-2-4-7(5-3-6)11(8,9)10;/h17-22,29-30,39-40H,13-16H2,1-12H3;2-5H,1H3,(H,8,9,10);/q;;+3/p-3. The zero-order chi connectivity index (χ0) is 38.7. The van der Waals surface area contributed by atoms with Gasteiger partial charge in [0.1, 0.15) is 10.1 Å². The van der Waals surface area contributed by atoms with Crippen molar-refractivity contribution in [2.24, 2.45) is 9.98 Å². The van der Waals surface area contributed by atoms with Crippen molar-refractivity contribution >= 4 is 22.5 Å². The maximum atomic E-state index is 13.5. The third kappa shape index (κ3) is 12.3. The zero-order valence-electron chi connectivity index (χ0n) is 33.4. The molecule has 2 unspecified atom stereocenters. The monoisotopic (exact) mass is 774 g/mol. The van der Waals surface area contributed by atoms with Crippen LogP contribution in [0.4, 0.5) is 0 Å². The van der Waals surface area contributed by atoms with Gasteiger partial charge >= 0.3 is 16.8 Å². The molecule has 0 spiro atoms. The van der Waals surface area contributed by atoms with Crippen LogP contribution >= 0.6 is 0 Å². The Morgan fingerprint density at radius 1 is 0.615 bits per heavy atom. The summed E-state index contributed by atoms with van der Waals surface area (Å²) < 4.78 is 31.2. The third-order valence-electron chi connectivity index (χ3n) is 9.40. The van der Waals surface area contributed by atoms with E-state index in [4.69, 9.17) is 9.98 Å². The van der Waals surface area contributed by atoms with Crippen molar-refractivity contribution in [2.75, 3.05) is 0 Å². The number of aryl methyl sites for hydroxylation is 1. The van der Waals surface area contributed by atoms with E-state index in [-0.39, 0.29) is 66.9 Å². The molecule has 9 heteroatoms. The van der Waals surface area contributed by atoms with Gasteiger partial charge in [-0.1, -0.05) is 149 Å². The number of nitrogens with zero attached hydrogens (tertiary/aromatic N) is 2. The van der Waals surface area contributed by atoms with E-state index in [1.165, 1.54) is 12.1 Å². The smallest absolute Gasteiger partial charge is 0.872 e. The van der Waals surface area contributed by atoms with Crippen LogP contribution in [0.15, 0.2) is 63.4 Å². The number of hydrogen-bond acceptors (Lipinski definition) is 7. The van der Waals surface area contributed by atoms with Crippen molar-refractivity contribution in [1.82, 2.24) is 0 Å². The molecule has 3 aromatic carbocycles. The normalized spacial score (nSPS) is 17.5. The summed E-state index contributed by atoms with van der Waals surface area (Å²) in [6.07, 6.45) is 7.63. The summed E-state index contributed by atoms with van der Waals surface area (Å²) in [7, 11) is -4.27. The molecular weight excluding hydrogens is 715 g/mol. The zero-order valence-corrected chi connectivity index (χ0v) is 35.3. The molecule has 7 nitrogen and oxygen atoms in total. The maximum absolute atomic E-state index is 13.5. The Kier molecular flexibility index (Phi) is 14.8. The molecule has 2 atom stereocenters. The van der Waals surface area contributed by atoms with Crippen molar-refractivity contribution < 1.29 is 40.0 Å². The molecule has 0 amide bonds. The second-order valence-corrected chi connectivity index (χ2v) is 19.5. The van der Waals surface area contributed by atoms with E-state index >= 15 is 0 Å². The quantitative estimate of drug-likeness (QED) is 0.189. The first kappa shape index (κ1) is 45.2. The molecule has 0 aromatic heterocycles. The van der Waals surface area contributed by atoms with Crippen LogP contribution in [0, 0.1) is 6.92 Å². The predicted molar refractivity (Wildman–Crippen MR) is 207 cm³/mol. The van der Waals surface area contributed by atoms with Gasteiger partial charge in [0.15, 0.2) is 0 Å². The molecular formula is C43H59CoN2O5S. The van der Waals surface area contributed by atoms with Crippen LogP contribution < -0.4 is 10.2 Å². The van der Waals surface area contributed by atoms with Gasteiger partial charge in [-0.25, -0.2) is 8.42 Å². The third-order valence-corrected chi connectivity index (χ3v) is 10.2. The van der Waals surface area contributed by atoms with Gasteiger partial charge in [0.2, 0.25) is 0 Å². The molecule has 0 bridgehead atoms. The van der Waals surface area contributed by atoms with Crippen LogP contribution in [0.5, 0.6) is 11.5 Å². The van der Waals surface area contributed by atoms with E-state index < -0.39 is 10.1 Å². The summed E-state index contributed by atoms with van der Waals surface area (Å²) in [6.45, 7) is 27.4. The largest absolute Gasteiger partial charge is 3.00 e. The van der Waals surface area contributed by atoms with E-state index in [1.807, 2.05) is 19.1 Å². The van der Waals surface area contributed by atoms with Crippen LogP contribution in [0.1, 0.15) is 148 Å². The topological polar surface area (TPSA) is 128 Å². The Morgan fingerprint density at radius 3 is 1.25 bits per heavy atom. The summed E-state index contributed by atoms with van der Waals surface area (Å²) in [5, 5.41) is 26.9. The SMILES string of the molecule is CC(C)(C)c1cc(C=NC2CCCCC2N=Cc2cc(C(C)(C)C)cc(C(C)(C)C)c2[O-])c([O-])c(C(C)(C)C)c1.Cc1ccc(S(=O)(=O)[O-])cc1.[Co+3]. The minimum atomic E-state index is -4.27. The Bertz CT molecular complexity index is 1740. The van der Waals surface area contributed by atoms with E-state index in [2.05, 4.69) is 95.2 Å². The molecule has 0 saturated heterocycles. The van der Waals surface area contributed by atoms with Crippen LogP contribution in [-0.2, 0) is 48.6 Å². The fourth-order valence-electron chi connectivity index (χ4n) is 5.97. The van der Waals surface area contributed by atoms with Gasteiger partial charge in [0.05, 0.1) is 17.0 Å². The fraction of sp³-hybridized carbons (Fsp3) is 0.535. The van der Waals surface area contributed by atoms with Gasteiger partial charge in [-0.2, -0.15) is 0 Å². The van der Waals surface area contributed by atoms with E-state index in [9.17, 15) is 23.2 Å². The van der Waals surface area contributed by atoms with E-state index in [1.54, 1.807) is 24.6 Å². The second-order valence-electron chi connectivity index (χ2n) is 18.1. The van der Waals surface area contributed by atoms with Gasteiger partial charge < -0.3 is 14.8 Å². The van der Waals surface area contributed by atoms with Gasteiger partial charge in [0.25, 0.3) is 0 Å². The van der Waals surface area contributed by atoms with Crippen molar-refractivity contribution in [3.05, 3.63) is 87.5 Å². The molecule has 1 fully saturated rings. The molecule has 1 aliphatic carbocycles. The Morgan fingerprint density at radius 2 is 0.962 bits per heavy atom. The van der Waals surface area contributed by atoms with Gasteiger partial charge in [-0.15, -0.1) is 0 Å².